The van der Waals surface area contributed by atoms with Crippen molar-refractivity contribution in [1.82, 2.24) is 0 Å². The van der Waals surface area contributed by atoms with Crippen LogP contribution in [0.15, 0.2) is 0 Å². The van der Waals surface area contributed by atoms with Crippen molar-refractivity contribution in [1.29, 1.82) is 0 Å². The Morgan fingerprint density at radius 1 is 1.25 bits per heavy atom. The standard InChI is InChI=1S/Cl2O.Mg/c1-3-2;. The molecule has 0 amide bonds. The second kappa shape index (κ2) is 8.85. The lowest BCUT2D eigenvalue weighted by Crippen LogP contribution is -1.15. The zero-order valence-corrected chi connectivity index (χ0v) is 4.80. The van der Waals surface area contributed by atoms with Gasteiger partial charge < -0.3 is 0 Å². The van der Waals surface area contributed by atoms with E-state index in [1.54, 1.807) is 0 Å². The summed E-state index contributed by atoms with van der Waals surface area (Å²) in [6, 6.07) is 0. The quantitative estimate of drug-likeness (QED) is 0.422. The minimum atomic E-state index is 0. The van der Waals surface area contributed by atoms with Gasteiger partial charge in [0.25, 0.3) is 0 Å². The molecule has 2 radical (unpaired) electrons. The second-order valence-electron chi connectivity index (χ2n) is 0.0583. The monoisotopic (exact) mass is 110 g/mol. The predicted molar refractivity (Wildman–Crippen MR) is 18.5 cm³/mol. The highest BCUT2D eigenvalue weighted by atomic mass is 35.6. The summed E-state index contributed by atoms with van der Waals surface area (Å²) in [6.45, 7) is 0. The van der Waals surface area contributed by atoms with Crippen molar-refractivity contribution in [3.05, 3.63) is 0 Å². The van der Waals surface area contributed by atoms with E-state index in [0.717, 1.165) is 0 Å². The van der Waals surface area contributed by atoms with E-state index in [9.17, 15) is 0 Å². The summed E-state index contributed by atoms with van der Waals surface area (Å²) in [5.41, 5.74) is 0. The van der Waals surface area contributed by atoms with Crippen LogP contribution < -0.4 is 0 Å². The van der Waals surface area contributed by atoms with Gasteiger partial charge in [-0.1, -0.05) is 0 Å². The van der Waals surface area contributed by atoms with Gasteiger partial charge in [0, 0.05) is 23.1 Å². The van der Waals surface area contributed by atoms with Gasteiger partial charge >= 0.3 is 0 Å². The van der Waals surface area contributed by atoms with Crippen molar-refractivity contribution < 1.29 is 3.84 Å². The fourth-order valence-electron chi connectivity index (χ4n) is 0. The number of hydrogen-bond donors (Lipinski definition) is 0. The Morgan fingerprint density at radius 3 is 1.25 bits per heavy atom. The maximum absolute atomic E-state index is 4.26. The Bertz CT molecular complexity index is 6.00. The van der Waals surface area contributed by atoms with E-state index < -0.39 is 0 Å². The highest BCUT2D eigenvalue weighted by Crippen LogP contribution is 1.78. The Balaban J connectivity index is 0. The third kappa shape index (κ3) is 10.3. The van der Waals surface area contributed by atoms with E-state index in [1.807, 2.05) is 0 Å². The van der Waals surface area contributed by atoms with Crippen molar-refractivity contribution in [2.45, 2.75) is 0 Å². The van der Waals surface area contributed by atoms with Crippen LogP contribution in [0, 0.1) is 0 Å². The van der Waals surface area contributed by atoms with Crippen LogP contribution in [0.2, 0.25) is 0 Å². The molecule has 0 aliphatic heterocycles. The maximum Gasteiger partial charge on any atom is 0.0832 e. The van der Waals surface area contributed by atoms with Gasteiger partial charge in [-0.15, -0.1) is 0 Å². The zero-order chi connectivity index (χ0) is 2.71. The van der Waals surface area contributed by atoms with E-state index in [0.29, 0.717) is 0 Å². The fraction of sp³-hybridized carbons (Fsp3) is 0. The fourth-order valence-corrected chi connectivity index (χ4v) is 0. The van der Waals surface area contributed by atoms with Crippen LogP contribution in [0.5, 0.6) is 0 Å². The molecule has 1 nitrogen and oxygen atoms in total. The van der Waals surface area contributed by atoms with Crippen LogP contribution in [-0.2, 0) is 3.84 Å². The topological polar surface area (TPSA) is 9.23 Å². The molecule has 4 heavy (non-hydrogen) atoms. The van der Waals surface area contributed by atoms with Gasteiger partial charge in [0.15, 0.2) is 0 Å². The summed E-state index contributed by atoms with van der Waals surface area (Å²) in [5, 5.41) is 0. The van der Waals surface area contributed by atoms with Gasteiger partial charge in [0.2, 0.25) is 0 Å². The molecular weight excluding hydrogens is 111 g/mol. The van der Waals surface area contributed by atoms with Crippen LogP contribution in [0.4, 0.5) is 0 Å². The van der Waals surface area contributed by atoms with Gasteiger partial charge in [-0.05, 0) is 0 Å². The first kappa shape index (κ1) is 9.00. The van der Waals surface area contributed by atoms with Crippen LogP contribution >= 0.6 is 23.7 Å². The molecule has 0 atom stereocenters. The third-order valence-electron chi connectivity index (χ3n) is 0. The Kier molecular flexibility index (Phi) is 19.9. The zero-order valence-electron chi connectivity index (χ0n) is 1.87. The van der Waals surface area contributed by atoms with Crippen LogP contribution in [0.25, 0.3) is 0 Å². The molecule has 0 fully saturated rings. The van der Waals surface area contributed by atoms with Gasteiger partial charge in [0.05, 0.1) is 23.7 Å². The maximum atomic E-state index is 4.26. The molecule has 0 spiro atoms. The summed E-state index contributed by atoms with van der Waals surface area (Å²) in [5.74, 6) is 0. The van der Waals surface area contributed by atoms with E-state index >= 15 is 0 Å². The summed E-state index contributed by atoms with van der Waals surface area (Å²) >= 11 is 8.53. The molecule has 0 aliphatic rings. The third-order valence-corrected chi connectivity index (χ3v) is 0. The van der Waals surface area contributed by atoms with E-state index in [2.05, 4.69) is 27.6 Å². The van der Waals surface area contributed by atoms with Gasteiger partial charge in [-0.2, -0.15) is 3.84 Å². The molecule has 0 bridgehead atoms. The van der Waals surface area contributed by atoms with Gasteiger partial charge in [0.1, 0.15) is 0 Å². The molecule has 0 aromatic heterocycles. The lowest BCUT2D eigenvalue weighted by molar-refractivity contribution is 0.697. The predicted octanol–water partition coefficient (Wildman–Crippen LogP) is 0.930. The SMILES string of the molecule is ClOCl.[Mg]. The molecule has 22 valence electrons. The van der Waals surface area contributed by atoms with E-state index in [1.165, 1.54) is 0 Å². The van der Waals surface area contributed by atoms with Gasteiger partial charge in [-0.3, -0.25) is 0 Å². The van der Waals surface area contributed by atoms with Crippen molar-refractivity contribution in [3.63, 3.8) is 0 Å². The largest absolute Gasteiger partial charge is 0.166 e. The summed E-state index contributed by atoms with van der Waals surface area (Å²) in [7, 11) is 0. The first-order valence-electron chi connectivity index (χ1n) is 0.309. The van der Waals surface area contributed by atoms with Crippen molar-refractivity contribution in [3.8, 4) is 0 Å². The first-order chi connectivity index (χ1) is 1.41. The minimum absolute atomic E-state index is 0. The highest BCUT2D eigenvalue weighted by Gasteiger charge is 1.38. The molecule has 0 saturated heterocycles. The summed E-state index contributed by atoms with van der Waals surface area (Å²) < 4.78 is 3.19. The van der Waals surface area contributed by atoms with Crippen LogP contribution in [0.1, 0.15) is 0 Å². The van der Waals surface area contributed by atoms with Crippen molar-refractivity contribution >= 4 is 46.8 Å². The average molecular weight is 111 g/mol. The average Bonchev–Trinajstić information content (AvgIpc) is 0.918. The van der Waals surface area contributed by atoms with Crippen LogP contribution in [-0.4, -0.2) is 23.1 Å². The lowest BCUT2D eigenvalue weighted by Gasteiger charge is -1.46. The Hall–Kier alpha value is 1.31. The van der Waals surface area contributed by atoms with E-state index in [4.69, 9.17) is 0 Å². The molecule has 0 aliphatic carbocycles. The Labute approximate surface area is 50.7 Å². The summed E-state index contributed by atoms with van der Waals surface area (Å²) in [6.07, 6.45) is 0. The Morgan fingerprint density at radius 2 is 1.25 bits per heavy atom. The second-order valence-corrected chi connectivity index (χ2v) is 0.525. The number of halogens is 2. The molecular formula is Cl2MgO. The molecule has 0 aromatic carbocycles. The summed E-state index contributed by atoms with van der Waals surface area (Å²) in [4.78, 5) is 0. The molecule has 0 saturated carbocycles. The molecule has 0 N–H and O–H groups in total. The number of hydrogen-bond acceptors (Lipinski definition) is 1. The molecule has 4 heteroatoms. The van der Waals surface area contributed by atoms with Crippen molar-refractivity contribution in [2.24, 2.45) is 0 Å². The first-order valence-corrected chi connectivity index (χ1v) is 0.926. The highest BCUT2D eigenvalue weighted by molar-refractivity contribution is 6.24. The van der Waals surface area contributed by atoms with E-state index in [-0.39, 0.29) is 23.1 Å². The lowest BCUT2D eigenvalue weighted by atomic mass is 15.9. The molecule has 0 unspecified atom stereocenters. The molecule has 0 heterocycles. The normalized spacial score (nSPS) is 4.50. The van der Waals surface area contributed by atoms with Gasteiger partial charge in [-0.25, -0.2) is 0 Å². The minimum Gasteiger partial charge on any atom is -0.166 e. The van der Waals surface area contributed by atoms with Crippen molar-refractivity contribution in [2.75, 3.05) is 0 Å². The smallest absolute Gasteiger partial charge is 0.0832 e. The number of rotatable bonds is 0. The molecule has 0 rings (SSSR count). The molecule has 0 aromatic rings. The van der Waals surface area contributed by atoms with Crippen LogP contribution in [0.3, 0.4) is 0 Å².